The fraction of sp³-hybridized carbons (Fsp3) is 0.385. The molecule has 0 saturated carbocycles. The minimum Gasteiger partial charge on any atom is -0.463 e. The Morgan fingerprint density at radius 3 is 2.55 bits per heavy atom. The molecule has 0 aliphatic carbocycles. The summed E-state index contributed by atoms with van der Waals surface area (Å²) in [5, 5.41) is 4.87. The molecule has 22 heavy (non-hydrogen) atoms. The van der Waals surface area contributed by atoms with Gasteiger partial charge in [0.1, 0.15) is 4.90 Å². The standard InChI is InChI=1S/C13H16ClNO6S/c1-2-3-6-20-12(16)8-21-13(17)9-4-5-10(14)11(7-9)22(15,18)19/h4-5,7H,2-3,6,8H2,1H3,(H2,15,18,19). The normalized spacial score (nSPS) is 11.0. The Hall–Kier alpha value is -1.64. The van der Waals surface area contributed by atoms with E-state index in [0.29, 0.717) is 6.42 Å². The number of halogens is 1. The summed E-state index contributed by atoms with van der Waals surface area (Å²) in [6.45, 7) is 1.64. The number of sulfonamides is 1. The lowest BCUT2D eigenvalue weighted by Crippen LogP contribution is -2.18. The molecule has 0 atom stereocenters. The molecule has 7 nitrogen and oxygen atoms in total. The first-order chi connectivity index (χ1) is 10.3. The summed E-state index contributed by atoms with van der Waals surface area (Å²) in [6, 6.07) is 3.46. The lowest BCUT2D eigenvalue weighted by molar-refractivity contribution is -0.147. The molecule has 1 aromatic rings. The van der Waals surface area contributed by atoms with Gasteiger partial charge in [-0.3, -0.25) is 0 Å². The quantitative estimate of drug-likeness (QED) is 0.589. The molecule has 0 spiro atoms. The number of primary sulfonamides is 1. The summed E-state index contributed by atoms with van der Waals surface area (Å²) in [7, 11) is -4.07. The van der Waals surface area contributed by atoms with E-state index in [1.165, 1.54) is 12.1 Å². The van der Waals surface area contributed by atoms with Crippen molar-refractivity contribution in [2.75, 3.05) is 13.2 Å². The number of unbranched alkanes of at least 4 members (excludes halogenated alkanes) is 1. The fourth-order valence-corrected chi connectivity index (χ4v) is 2.50. The van der Waals surface area contributed by atoms with Crippen LogP contribution in [0.1, 0.15) is 30.1 Å². The number of carbonyl (C=O) groups excluding carboxylic acids is 2. The summed E-state index contributed by atoms with van der Waals surface area (Å²) in [5.74, 6) is -1.56. The molecule has 0 heterocycles. The highest BCUT2D eigenvalue weighted by molar-refractivity contribution is 7.89. The van der Waals surface area contributed by atoms with Crippen molar-refractivity contribution in [2.45, 2.75) is 24.7 Å². The van der Waals surface area contributed by atoms with Crippen molar-refractivity contribution in [2.24, 2.45) is 5.14 Å². The number of carbonyl (C=O) groups is 2. The van der Waals surface area contributed by atoms with Crippen LogP contribution in [0.4, 0.5) is 0 Å². The molecule has 0 aliphatic rings. The van der Waals surface area contributed by atoms with Crippen LogP contribution in [0.3, 0.4) is 0 Å². The van der Waals surface area contributed by atoms with Gasteiger partial charge in [-0.15, -0.1) is 0 Å². The molecule has 122 valence electrons. The summed E-state index contributed by atoms with van der Waals surface area (Å²) in [4.78, 5) is 22.7. The number of ether oxygens (including phenoxy) is 2. The van der Waals surface area contributed by atoms with E-state index in [1.807, 2.05) is 6.92 Å². The van der Waals surface area contributed by atoms with Crippen LogP contribution in [0.15, 0.2) is 23.1 Å². The minimum atomic E-state index is -4.07. The molecule has 0 radical (unpaired) electrons. The van der Waals surface area contributed by atoms with Gasteiger partial charge in [-0.2, -0.15) is 0 Å². The minimum absolute atomic E-state index is 0.0882. The molecule has 0 saturated heterocycles. The monoisotopic (exact) mass is 349 g/mol. The third-order valence-corrected chi connectivity index (χ3v) is 3.95. The van der Waals surface area contributed by atoms with Crippen LogP contribution >= 0.6 is 11.6 Å². The van der Waals surface area contributed by atoms with Gasteiger partial charge in [-0.05, 0) is 24.6 Å². The van der Waals surface area contributed by atoms with Crippen molar-refractivity contribution in [3.63, 3.8) is 0 Å². The highest BCUT2D eigenvalue weighted by atomic mass is 35.5. The van der Waals surface area contributed by atoms with Gasteiger partial charge in [0.05, 0.1) is 17.2 Å². The van der Waals surface area contributed by atoms with Crippen molar-refractivity contribution in [3.8, 4) is 0 Å². The van der Waals surface area contributed by atoms with E-state index in [2.05, 4.69) is 0 Å². The molecule has 0 aromatic heterocycles. The second kappa shape index (κ2) is 8.11. The van der Waals surface area contributed by atoms with Gasteiger partial charge >= 0.3 is 11.9 Å². The van der Waals surface area contributed by atoms with Crippen molar-refractivity contribution < 1.29 is 27.5 Å². The van der Waals surface area contributed by atoms with Crippen LogP contribution in [-0.2, 0) is 24.3 Å². The Morgan fingerprint density at radius 1 is 1.27 bits per heavy atom. The molecule has 0 fully saturated rings. The third kappa shape index (κ3) is 5.63. The predicted octanol–water partition coefficient (Wildman–Crippen LogP) is 1.49. The van der Waals surface area contributed by atoms with E-state index in [0.717, 1.165) is 12.5 Å². The number of hydrogen-bond donors (Lipinski definition) is 1. The number of rotatable bonds is 7. The fourth-order valence-electron chi connectivity index (χ4n) is 1.43. The number of nitrogens with two attached hydrogens (primary N) is 1. The predicted molar refractivity (Wildman–Crippen MR) is 79.0 cm³/mol. The summed E-state index contributed by atoms with van der Waals surface area (Å²) in [6.07, 6.45) is 1.59. The lowest BCUT2D eigenvalue weighted by Gasteiger charge is -2.07. The number of hydrogen-bond acceptors (Lipinski definition) is 6. The molecular weight excluding hydrogens is 334 g/mol. The van der Waals surface area contributed by atoms with Crippen LogP contribution < -0.4 is 5.14 Å². The Labute approximate surface area is 133 Å². The van der Waals surface area contributed by atoms with E-state index in [4.69, 9.17) is 26.2 Å². The Balaban J connectivity index is 2.69. The maximum atomic E-state index is 11.8. The van der Waals surface area contributed by atoms with Gasteiger partial charge in [-0.1, -0.05) is 24.9 Å². The van der Waals surface area contributed by atoms with E-state index in [1.54, 1.807) is 0 Å². The first-order valence-electron chi connectivity index (χ1n) is 6.40. The molecule has 0 amide bonds. The molecule has 0 aliphatic heterocycles. The highest BCUT2D eigenvalue weighted by Gasteiger charge is 2.18. The second-order valence-electron chi connectivity index (χ2n) is 4.34. The molecular formula is C13H16ClNO6S. The summed E-state index contributed by atoms with van der Waals surface area (Å²) in [5.41, 5.74) is -0.0882. The zero-order valence-electron chi connectivity index (χ0n) is 11.9. The van der Waals surface area contributed by atoms with Gasteiger partial charge < -0.3 is 9.47 Å². The summed E-state index contributed by atoms with van der Waals surface area (Å²) < 4.78 is 32.2. The van der Waals surface area contributed by atoms with Crippen molar-refractivity contribution in [3.05, 3.63) is 28.8 Å². The Bertz CT molecular complexity index is 658. The molecule has 2 N–H and O–H groups in total. The van der Waals surface area contributed by atoms with Crippen molar-refractivity contribution in [1.29, 1.82) is 0 Å². The molecule has 1 aromatic carbocycles. The molecule has 0 bridgehead atoms. The average molecular weight is 350 g/mol. The van der Waals surface area contributed by atoms with Gasteiger partial charge in [-0.25, -0.2) is 23.1 Å². The first-order valence-corrected chi connectivity index (χ1v) is 8.33. The topological polar surface area (TPSA) is 113 Å². The lowest BCUT2D eigenvalue weighted by atomic mass is 10.2. The van der Waals surface area contributed by atoms with Gasteiger partial charge in [0.25, 0.3) is 0 Å². The third-order valence-electron chi connectivity index (χ3n) is 2.56. The van der Waals surface area contributed by atoms with Crippen LogP contribution in [-0.4, -0.2) is 33.6 Å². The van der Waals surface area contributed by atoms with Crippen LogP contribution in [0.2, 0.25) is 5.02 Å². The van der Waals surface area contributed by atoms with Crippen LogP contribution in [0.25, 0.3) is 0 Å². The van der Waals surface area contributed by atoms with Gasteiger partial charge in [0.2, 0.25) is 10.0 Å². The van der Waals surface area contributed by atoms with E-state index in [-0.39, 0.29) is 17.2 Å². The van der Waals surface area contributed by atoms with Gasteiger partial charge in [0, 0.05) is 0 Å². The smallest absolute Gasteiger partial charge is 0.344 e. The van der Waals surface area contributed by atoms with E-state index >= 15 is 0 Å². The Kier molecular flexibility index (Phi) is 6.79. The van der Waals surface area contributed by atoms with E-state index < -0.39 is 33.5 Å². The maximum Gasteiger partial charge on any atom is 0.344 e. The summed E-state index contributed by atoms with van der Waals surface area (Å²) >= 11 is 5.70. The molecule has 9 heteroatoms. The highest BCUT2D eigenvalue weighted by Crippen LogP contribution is 2.21. The molecule has 1 rings (SSSR count). The van der Waals surface area contributed by atoms with Crippen molar-refractivity contribution >= 4 is 33.6 Å². The number of benzene rings is 1. The first kappa shape index (κ1) is 18.4. The maximum absolute atomic E-state index is 11.8. The zero-order chi connectivity index (χ0) is 16.8. The van der Waals surface area contributed by atoms with Crippen LogP contribution in [0, 0.1) is 0 Å². The average Bonchev–Trinajstić information content (AvgIpc) is 2.44. The van der Waals surface area contributed by atoms with Crippen LogP contribution in [0.5, 0.6) is 0 Å². The SMILES string of the molecule is CCCCOC(=O)COC(=O)c1ccc(Cl)c(S(N)(=O)=O)c1. The van der Waals surface area contributed by atoms with Crippen molar-refractivity contribution in [1.82, 2.24) is 0 Å². The number of esters is 2. The second-order valence-corrected chi connectivity index (χ2v) is 6.28. The zero-order valence-corrected chi connectivity index (χ0v) is 13.4. The molecule has 0 unspecified atom stereocenters. The Morgan fingerprint density at radius 2 is 1.95 bits per heavy atom. The van der Waals surface area contributed by atoms with E-state index in [9.17, 15) is 18.0 Å². The van der Waals surface area contributed by atoms with Gasteiger partial charge in [0.15, 0.2) is 6.61 Å². The largest absolute Gasteiger partial charge is 0.463 e.